The predicted octanol–water partition coefficient (Wildman–Crippen LogP) is 2.72. The molecule has 7 heteroatoms. The summed E-state index contributed by atoms with van der Waals surface area (Å²) in [5.41, 5.74) is 3.27. The number of aromatic nitrogens is 3. The number of carbonyl (C=O) groups is 1. The number of oxazole rings is 1. The standard InChI is InChI=1S/C20H22N4O3/c1-13-2-6-23-12-16(21-18(23)10-13)20(25)24-7-3-17-15(11-24)22-19(27-17)14-4-8-26-9-5-14/h2,6,10,12,14H,3-5,7-9,11H2,1H3. The molecule has 0 radical (unpaired) electrons. The van der Waals surface area contributed by atoms with Gasteiger partial charge in [0.05, 0.1) is 6.54 Å². The van der Waals surface area contributed by atoms with Crippen molar-refractivity contribution in [3.63, 3.8) is 0 Å². The fourth-order valence-corrected chi connectivity index (χ4v) is 3.86. The minimum Gasteiger partial charge on any atom is -0.445 e. The first-order valence-electron chi connectivity index (χ1n) is 9.48. The Bertz CT molecular complexity index is 1000. The highest BCUT2D eigenvalue weighted by molar-refractivity contribution is 5.93. The molecule has 27 heavy (non-hydrogen) atoms. The lowest BCUT2D eigenvalue weighted by Gasteiger charge is -2.24. The molecule has 1 fully saturated rings. The van der Waals surface area contributed by atoms with E-state index in [1.165, 1.54) is 0 Å². The average Bonchev–Trinajstić information content (AvgIpc) is 3.31. The molecule has 0 unspecified atom stereocenters. The smallest absolute Gasteiger partial charge is 0.274 e. The number of hydrogen-bond donors (Lipinski definition) is 0. The van der Waals surface area contributed by atoms with E-state index in [1.54, 1.807) is 6.20 Å². The Morgan fingerprint density at radius 2 is 2.11 bits per heavy atom. The van der Waals surface area contributed by atoms with Crippen molar-refractivity contribution >= 4 is 11.6 Å². The molecular weight excluding hydrogens is 344 g/mol. The zero-order valence-electron chi connectivity index (χ0n) is 15.4. The Balaban J connectivity index is 1.36. The van der Waals surface area contributed by atoms with E-state index >= 15 is 0 Å². The Labute approximate surface area is 157 Å². The second-order valence-electron chi connectivity index (χ2n) is 7.38. The summed E-state index contributed by atoms with van der Waals surface area (Å²) in [6.45, 7) is 4.64. The van der Waals surface area contributed by atoms with E-state index in [0.29, 0.717) is 31.1 Å². The van der Waals surface area contributed by atoms with Gasteiger partial charge in [0.25, 0.3) is 5.91 Å². The van der Waals surface area contributed by atoms with E-state index < -0.39 is 0 Å². The number of nitrogens with zero attached hydrogens (tertiary/aromatic N) is 4. The Morgan fingerprint density at radius 3 is 2.96 bits per heavy atom. The molecule has 3 aromatic rings. The summed E-state index contributed by atoms with van der Waals surface area (Å²) in [7, 11) is 0. The molecule has 5 heterocycles. The Kier molecular flexibility index (Phi) is 3.97. The van der Waals surface area contributed by atoms with Crippen molar-refractivity contribution in [2.45, 2.75) is 38.6 Å². The first-order chi connectivity index (χ1) is 13.2. The molecule has 0 atom stereocenters. The number of carbonyl (C=O) groups excluding carboxylic acids is 1. The van der Waals surface area contributed by atoms with Gasteiger partial charge >= 0.3 is 0 Å². The van der Waals surface area contributed by atoms with Crippen molar-refractivity contribution in [2.24, 2.45) is 0 Å². The number of ether oxygens (including phenoxy) is 1. The molecule has 0 spiro atoms. The molecule has 1 saturated heterocycles. The zero-order valence-corrected chi connectivity index (χ0v) is 15.4. The summed E-state index contributed by atoms with van der Waals surface area (Å²) >= 11 is 0. The monoisotopic (exact) mass is 366 g/mol. The highest BCUT2D eigenvalue weighted by atomic mass is 16.5. The molecule has 5 rings (SSSR count). The molecule has 0 aromatic carbocycles. The van der Waals surface area contributed by atoms with Gasteiger partial charge in [-0.2, -0.15) is 0 Å². The number of pyridine rings is 1. The maximum absolute atomic E-state index is 12.9. The first kappa shape index (κ1) is 16.5. The molecular formula is C20H22N4O3. The van der Waals surface area contributed by atoms with E-state index in [1.807, 2.05) is 34.6 Å². The van der Waals surface area contributed by atoms with Crippen molar-refractivity contribution in [1.29, 1.82) is 0 Å². The maximum Gasteiger partial charge on any atom is 0.274 e. The third kappa shape index (κ3) is 3.02. The molecule has 0 aliphatic carbocycles. The Morgan fingerprint density at radius 1 is 1.26 bits per heavy atom. The molecule has 140 valence electrons. The van der Waals surface area contributed by atoms with Gasteiger partial charge < -0.3 is 18.5 Å². The second-order valence-corrected chi connectivity index (χ2v) is 7.38. The Hall–Kier alpha value is -2.67. The SMILES string of the molecule is Cc1ccn2cc(C(=O)N3CCc4oc(C5CCOCC5)nc4C3)nc2c1. The predicted molar refractivity (Wildman–Crippen MR) is 97.7 cm³/mol. The van der Waals surface area contributed by atoms with Gasteiger partial charge in [0, 0.05) is 44.5 Å². The molecule has 7 nitrogen and oxygen atoms in total. The van der Waals surface area contributed by atoms with Crippen molar-refractivity contribution in [2.75, 3.05) is 19.8 Å². The molecule has 2 aliphatic heterocycles. The number of fused-ring (bicyclic) bond motifs is 2. The summed E-state index contributed by atoms with van der Waals surface area (Å²) in [4.78, 5) is 24.0. The molecule has 0 saturated carbocycles. The number of rotatable bonds is 2. The zero-order chi connectivity index (χ0) is 18.4. The quantitative estimate of drug-likeness (QED) is 0.697. The summed E-state index contributed by atoms with van der Waals surface area (Å²) in [6.07, 6.45) is 6.32. The maximum atomic E-state index is 12.9. The van der Waals surface area contributed by atoms with Crippen molar-refractivity contribution in [1.82, 2.24) is 19.3 Å². The van der Waals surface area contributed by atoms with Gasteiger partial charge in [-0.15, -0.1) is 0 Å². The van der Waals surface area contributed by atoms with Crippen LogP contribution in [0.5, 0.6) is 0 Å². The third-order valence-electron chi connectivity index (χ3n) is 5.44. The van der Waals surface area contributed by atoms with Crippen LogP contribution in [0, 0.1) is 6.92 Å². The van der Waals surface area contributed by atoms with E-state index in [-0.39, 0.29) is 5.91 Å². The highest BCUT2D eigenvalue weighted by Gasteiger charge is 2.29. The van der Waals surface area contributed by atoms with Crippen LogP contribution in [0.1, 0.15) is 52.2 Å². The first-order valence-corrected chi connectivity index (χ1v) is 9.48. The molecule has 0 N–H and O–H groups in total. The minimum absolute atomic E-state index is 0.0578. The van der Waals surface area contributed by atoms with Crippen LogP contribution < -0.4 is 0 Å². The number of imidazole rings is 1. The molecule has 2 aliphatic rings. The van der Waals surface area contributed by atoms with Gasteiger partial charge in [0.1, 0.15) is 22.8 Å². The van der Waals surface area contributed by atoms with E-state index in [4.69, 9.17) is 14.1 Å². The minimum atomic E-state index is -0.0578. The van der Waals surface area contributed by atoms with Gasteiger partial charge in [-0.25, -0.2) is 9.97 Å². The lowest BCUT2D eigenvalue weighted by molar-refractivity contribution is 0.0720. The van der Waals surface area contributed by atoms with Gasteiger partial charge in [-0.1, -0.05) is 0 Å². The van der Waals surface area contributed by atoms with Crippen molar-refractivity contribution in [3.8, 4) is 0 Å². The van der Waals surface area contributed by atoms with Crippen LogP contribution in [0.25, 0.3) is 5.65 Å². The van der Waals surface area contributed by atoms with E-state index in [2.05, 4.69) is 4.98 Å². The van der Waals surface area contributed by atoms with Crippen molar-refractivity contribution < 1.29 is 13.9 Å². The summed E-state index contributed by atoms with van der Waals surface area (Å²) in [6, 6.07) is 3.98. The topological polar surface area (TPSA) is 72.9 Å². The van der Waals surface area contributed by atoms with Crippen LogP contribution in [-0.2, 0) is 17.7 Å². The van der Waals surface area contributed by atoms with Crippen LogP contribution in [0.3, 0.4) is 0 Å². The van der Waals surface area contributed by atoms with Crippen molar-refractivity contribution in [3.05, 3.63) is 53.1 Å². The summed E-state index contributed by atoms with van der Waals surface area (Å²) in [5, 5.41) is 0. The summed E-state index contributed by atoms with van der Waals surface area (Å²) < 4.78 is 13.3. The van der Waals surface area contributed by atoms with Gasteiger partial charge in [0.15, 0.2) is 5.89 Å². The van der Waals surface area contributed by atoms with Crippen LogP contribution >= 0.6 is 0 Å². The summed E-state index contributed by atoms with van der Waals surface area (Å²) in [5.74, 6) is 2.00. The average molecular weight is 366 g/mol. The second kappa shape index (κ2) is 6.49. The van der Waals surface area contributed by atoms with Gasteiger partial charge in [0.2, 0.25) is 0 Å². The molecule has 0 bridgehead atoms. The fourth-order valence-electron chi connectivity index (χ4n) is 3.86. The van der Waals surface area contributed by atoms with Crippen LogP contribution in [0.2, 0.25) is 0 Å². The van der Waals surface area contributed by atoms with Crippen LogP contribution in [0.4, 0.5) is 0 Å². The highest BCUT2D eigenvalue weighted by Crippen LogP contribution is 2.30. The number of aryl methyl sites for hydroxylation is 1. The van der Waals surface area contributed by atoms with E-state index in [0.717, 1.165) is 54.6 Å². The lowest BCUT2D eigenvalue weighted by Crippen LogP contribution is -2.36. The largest absolute Gasteiger partial charge is 0.445 e. The molecule has 3 aromatic heterocycles. The van der Waals surface area contributed by atoms with Gasteiger partial charge in [-0.05, 0) is 37.5 Å². The third-order valence-corrected chi connectivity index (χ3v) is 5.44. The van der Waals surface area contributed by atoms with Crippen LogP contribution in [0.15, 0.2) is 28.9 Å². The van der Waals surface area contributed by atoms with Crippen LogP contribution in [-0.4, -0.2) is 44.9 Å². The van der Waals surface area contributed by atoms with Gasteiger partial charge in [-0.3, -0.25) is 4.79 Å². The number of hydrogen-bond acceptors (Lipinski definition) is 5. The lowest BCUT2D eigenvalue weighted by atomic mass is 10.0. The number of amides is 1. The normalized spacial score (nSPS) is 18.0. The fraction of sp³-hybridized carbons (Fsp3) is 0.450. The van der Waals surface area contributed by atoms with E-state index in [9.17, 15) is 4.79 Å². The molecule has 1 amide bonds.